The van der Waals surface area contributed by atoms with Crippen LogP contribution in [-0.2, 0) is 18.4 Å². The number of rotatable bonds is 3. The Bertz CT molecular complexity index is 866. The molecule has 2 aliphatic heterocycles. The molecule has 0 radical (unpaired) electrons. The lowest BCUT2D eigenvalue weighted by molar-refractivity contribution is -0.142. The Hall–Kier alpha value is -2.74. The lowest BCUT2D eigenvalue weighted by Gasteiger charge is -2.40. The van der Waals surface area contributed by atoms with E-state index in [1.165, 1.54) is 12.1 Å². The Balaban J connectivity index is 1.49. The Morgan fingerprint density at radius 3 is 2.64 bits per heavy atom. The number of carbonyl (C=O) groups is 2. The summed E-state index contributed by atoms with van der Waals surface area (Å²) in [7, 11) is 1.74. The predicted molar refractivity (Wildman–Crippen MR) is 101 cm³/mol. The summed E-state index contributed by atoms with van der Waals surface area (Å²) in [6.45, 7) is 3.69. The maximum absolute atomic E-state index is 13.2. The van der Waals surface area contributed by atoms with E-state index in [0.29, 0.717) is 31.9 Å². The average Bonchev–Trinajstić information content (AvgIpc) is 2.99. The summed E-state index contributed by atoms with van der Waals surface area (Å²) >= 11 is 0. The number of fused-ring (bicyclic) bond motifs is 1. The molecule has 148 valence electrons. The number of halogens is 1. The topological polar surface area (TPSA) is 61.7 Å². The van der Waals surface area contributed by atoms with Crippen LogP contribution in [-0.4, -0.2) is 75.1 Å². The Morgan fingerprint density at radius 2 is 1.93 bits per heavy atom. The molecule has 2 aliphatic rings. The molecule has 2 saturated heterocycles. The molecule has 0 saturated carbocycles. The van der Waals surface area contributed by atoms with E-state index < -0.39 is 0 Å². The second-order valence-corrected chi connectivity index (χ2v) is 7.38. The molecule has 3 heterocycles. The van der Waals surface area contributed by atoms with Gasteiger partial charge in [-0.25, -0.2) is 4.39 Å². The van der Waals surface area contributed by atoms with Gasteiger partial charge in [-0.05, 0) is 30.2 Å². The van der Waals surface area contributed by atoms with Crippen LogP contribution in [0.1, 0.15) is 22.5 Å². The van der Waals surface area contributed by atoms with Gasteiger partial charge in [0.1, 0.15) is 17.6 Å². The highest BCUT2D eigenvalue weighted by atomic mass is 19.1. The van der Waals surface area contributed by atoms with E-state index in [-0.39, 0.29) is 23.7 Å². The van der Waals surface area contributed by atoms with Crippen LogP contribution in [0.4, 0.5) is 4.39 Å². The van der Waals surface area contributed by atoms with Gasteiger partial charge in [-0.3, -0.25) is 19.2 Å². The van der Waals surface area contributed by atoms with Crippen molar-refractivity contribution in [1.82, 2.24) is 24.5 Å². The molecule has 2 fully saturated rings. The maximum atomic E-state index is 13.2. The minimum absolute atomic E-state index is 0.0280. The minimum Gasteiger partial charge on any atom is -0.336 e. The normalized spacial score (nSPS) is 20.8. The zero-order chi connectivity index (χ0) is 19.7. The quantitative estimate of drug-likeness (QED) is 0.794. The summed E-state index contributed by atoms with van der Waals surface area (Å²) in [5.74, 6) is -0.349. The lowest BCUT2D eigenvalue weighted by atomic mass is 10.1. The van der Waals surface area contributed by atoms with E-state index in [0.717, 1.165) is 25.1 Å². The fraction of sp³-hybridized carbons (Fsp3) is 0.450. The van der Waals surface area contributed by atoms with Crippen LogP contribution in [0.15, 0.2) is 36.5 Å². The number of carbonyl (C=O) groups excluding carboxylic acids is 2. The highest BCUT2D eigenvalue weighted by Crippen LogP contribution is 2.20. The van der Waals surface area contributed by atoms with E-state index in [1.54, 1.807) is 41.0 Å². The van der Waals surface area contributed by atoms with Gasteiger partial charge in [-0.15, -0.1) is 0 Å². The molecular weight excluding hydrogens is 361 g/mol. The highest BCUT2D eigenvalue weighted by molar-refractivity contribution is 5.93. The second-order valence-electron chi connectivity index (χ2n) is 7.38. The van der Waals surface area contributed by atoms with Crippen molar-refractivity contribution >= 4 is 11.8 Å². The zero-order valence-electron chi connectivity index (χ0n) is 15.9. The monoisotopic (exact) mass is 385 g/mol. The number of piperazine rings is 1. The van der Waals surface area contributed by atoms with Crippen LogP contribution < -0.4 is 0 Å². The number of aromatic nitrogens is 2. The molecule has 0 spiro atoms. The SMILES string of the molecule is Cn1nccc1C(=O)N1CCCN2CCN(Cc3ccc(F)cc3)C(=O)C2C1. The van der Waals surface area contributed by atoms with Crippen LogP contribution in [0.2, 0.25) is 0 Å². The first-order chi connectivity index (χ1) is 13.5. The van der Waals surface area contributed by atoms with E-state index >= 15 is 0 Å². The van der Waals surface area contributed by atoms with Crippen molar-refractivity contribution in [2.24, 2.45) is 7.05 Å². The zero-order valence-corrected chi connectivity index (χ0v) is 15.9. The Morgan fingerprint density at radius 1 is 1.14 bits per heavy atom. The van der Waals surface area contributed by atoms with Gasteiger partial charge in [-0.2, -0.15) is 5.10 Å². The molecule has 0 bridgehead atoms. The number of amides is 2. The van der Waals surface area contributed by atoms with Crippen LogP contribution >= 0.6 is 0 Å². The molecule has 2 aromatic rings. The van der Waals surface area contributed by atoms with Gasteiger partial charge in [0.25, 0.3) is 5.91 Å². The summed E-state index contributed by atoms with van der Waals surface area (Å²) in [5, 5.41) is 4.07. The van der Waals surface area contributed by atoms with Crippen molar-refractivity contribution in [3.05, 3.63) is 53.6 Å². The molecule has 8 heteroatoms. The second kappa shape index (κ2) is 7.71. The van der Waals surface area contributed by atoms with Gasteiger partial charge in [0.05, 0.1) is 0 Å². The maximum Gasteiger partial charge on any atom is 0.272 e. The van der Waals surface area contributed by atoms with Gasteiger partial charge < -0.3 is 9.80 Å². The van der Waals surface area contributed by atoms with Gasteiger partial charge in [0.2, 0.25) is 5.91 Å². The molecule has 7 nitrogen and oxygen atoms in total. The van der Waals surface area contributed by atoms with Crippen LogP contribution in [0.3, 0.4) is 0 Å². The molecule has 4 rings (SSSR count). The molecule has 1 atom stereocenters. The van der Waals surface area contributed by atoms with Crippen molar-refractivity contribution in [2.75, 3.05) is 32.7 Å². The standard InChI is InChI=1S/C20H24FN5O2/c1-23-17(7-8-22-23)19(27)25-10-2-9-24-11-12-26(20(28)18(24)14-25)13-15-3-5-16(21)6-4-15/h3-8,18H,2,9-14H2,1H3. The number of hydrogen-bond donors (Lipinski definition) is 0. The van der Waals surface area contributed by atoms with Crippen molar-refractivity contribution in [2.45, 2.75) is 19.0 Å². The molecule has 0 aliphatic carbocycles. The summed E-state index contributed by atoms with van der Waals surface area (Å²) in [6, 6.07) is 7.61. The van der Waals surface area contributed by atoms with Crippen molar-refractivity contribution < 1.29 is 14.0 Å². The number of benzene rings is 1. The summed E-state index contributed by atoms with van der Waals surface area (Å²) in [6.07, 6.45) is 2.44. The van der Waals surface area contributed by atoms with Gasteiger partial charge in [0.15, 0.2) is 0 Å². The van der Waals surface area contributed by atoms with E-state index in [2.05, 4.69) is 10.00 Å². The molecule has 1 aromatic carbocycles. The smallest absolute Gasteiger partial charge is 0.272 e. The summed E-state index contributed by atoms with van der Waals surface area (Å²) in [5.41, 5.74) is 1.43. The highest BCUT2D eigenvalue weighted by Gasteiger charge is 2.38. The molecule has 0 N–H and O–H groups in total. The molecule has 1 aromatic heterocycles. The predicted octanol–water partition coefficient (Wildman–Crippen LogP) is 1.12. The van der Waals surface area contributed by atoms with Crippen molar-refractivity contribution in [3.8, 4) is 0 Å². The fourth-order valence-corrected chi connectivity index (χ4v) is 4.01. The molecule has 1 unspecified atom stereocenters. The third-order valence-electron chi connectivity index (χ3n) is 5.58. The Labute approximate surface area is 163 Å². The first-order valence-electron chi connectivity index (χ1n) is 9.57. The first-order valence-corrected chi connectivity index (χ1v) is 9.57. The van der Waals surface area contributed by atoms with Crippen LogP contribution in [0, 0.1) is 5.82 Å². The van der Waals surface area contributed by atoms with Crippen molar-refractivity contribution in [3.63, 3.8) is 0 Å². The van der Waals surface area contributed by atoms with Crippen LogP contribution in [0.25, 0.3) is 0 Å². The van der Waals surface area contributed by atoms with E-state index in [4.69, 9.17) is 0 Å². The third-order valence-corrected chi connectivity index (χ3v) is 5.58. The van der Waals surface area contributed by atoms with E-state index in [1.807, 2.05) is 4.90 Å². The molecule has 2 amide bonds. The first kappa shape index (κ1) is 18.6. The fourth-order valence-electron chi connectivity index (χ4n) is 4.01. The largest absolute Gasteiger partial charge is 0.336 e. The van der Waals surface area contributed by atoms with Crippen LogP contribution in [0.5, 0.6) is 0 Å². The third kappa shape index (κ3) is 3.64. The minimum atomic E-state index is -0.339. The Kier molecular flexibility index (Phi) is 5.13. The van der Waals surface area contributed by atoms with Gasteiger partial charge in [0, 0.05) is 52.5 Å². The number of nitrogens with zero attached hydrogens (tertiary/aromatic N) is 5. The summed E-state index contributed by atoms with van der Waals surface area (Å²) in [4.78, 5) is 31.8. The lowest BCUT2D eigenvalue weighted by Crippen LogP contribution is -2.59. The molecule has 28 heavy (non-hydrogen) atoms. The molecular formula is C20H24FN5O2. The van der Waals surface area contributed by atoms with Gasteiger partial charge in [-0.1, -0.05) is 12.1 Å². The summed E-state index contributed by atoms with van der Waals surface area (Å²) < 4.78 is 14.7. The van der Waals surface area contributed by atoms with Crippen molar-refractivity contribution in [1.29, 1.82) is 0 Å². The number of hydrogen-bond acceptors (Lipinski definition) is 4. The average molecular weight is 385 g/mol. The number of aryl methyl sites for hydroxylation is 1. The van der Waals surface area contributed by atoms with E-state index in [9.17, 15) is 14.0 Å². The van der Waals surface area contributed by atoms with Gasteiger partial charge >= 0.3 is 0 Å².